The van der Waals surface area contributed by atoms with Gasteiger partial charge in [0.15, 0.2) is 0 Å². The molecule has 24 heavy (non-hydrogen) atoms. The largest absolute Gasteiger partial charge is 0.487 e. The van der Waals surface area contributed by atoms with Crippen LogP contribution in [0.1, 0.15) is 48.0 Å². The van der Waals surface area contributed by atoms with E-state index in [4.69, 9.17) is 4.74 Å². The molecule has 0 aromatic heterocycles. The molecule has 0 aromatic carbocycles. The van der Waals surface area contributed by atoms with Gasteiger partial charge in [-0.1, -0.05) is 18.6 Å². The van der Waals surface area contributed by atoms with Crippen molar-refractivity contribution in [2.24, 2.45) is 0 Å². The van der Waals surface area contributed by atoms with Crippen LogP contribution in [0.2, 0.25) is 0 Å². The van der Waals surface area contributed by atoms with Crippen molar-refractivity contribution in [3.05, 3.63) is 52.8 Å². The number of halogens is 4. The molecule has 1 aliphatic carbocycles. The van der Waals surface area contributed by atoms with Crippen molar-refractivity contribution in [2.45, 2.75) is 60.0 Å². The van der Waals surface area contributed by atoms with E-state index in [1.165, 1.54) is 11.6 Å². The first-order valence-electron chi connectivity index (χ1n) is 7.61. The maximum absolute atomic E-state index is 13.3. The number of ether oxygens (including phenoxy) is 1. The van der Waals surface area contributed by atoms with Gasteiger partial charge in [-0.3, -0.25) is 4.39 Å². The highest BCUT2D eigenvalue weighted by Crippen LogP contribution is 2.23. The third-order valence-corrected chi connectivity index (χ3v) is 3.01. The van der Waals surface area contributed by atoms with E-state index in [-0.39, 0.29) is 5.76 Å². The highest BCUT2D eigenvalue weighted by Gasteiger charge is 2.18. The zero-order chi connectivity index (χ0) is 19.3. The maximum Gasteiger partial charge on any atom is 0.270 e. The summed E-state index contributed by atoms with van der Waals surface area (Å²) in [5, 5.41) is 0. The Labute approximate surface area is 143 Å². The van der Waals surface area contributed by atoms with Gasteiger partial charge < -0.3 is 4.74 Å². The van der Waals surface area contributed by atoms with Gasteiger partial charge in [0.2, 0.25) is 0 Å². The average molecular weight is 348 g/mol. The SMILES string of the molecule is CC=C(C)C.CCC(C)(C)OC1=CC(F)=CC(C(F)F)=C=C1.CF. The Hall–Kier alpha value is -1.74. The van der Waals surface area contributed by atoms with E-state index in [0.717, 1.165) is 18.6 Å². The van der Waals surface area contributed by atoms with Crippen LogP contribution in [-0.4, -0.2) is 19.2 Å². The molecule has 0 radical (unpaired) electrons. The summed E-state index contributed by atoms with van der Waals surface area (Å²) in [6.45, 7) is 11.8. The molecule has 0 fully saturated rings. The van der Waals surface area contributed by atoms with Gasteiger partial charge in [0.1, 0.15) is 17.2 Å². The van der Waals surface area contributed by atoms with Gasteiger partial charge in [0.05, 0.1) is 12.8 Å². The standard InChI is InChI=1S/C13H15F3O.C5H10.CH3F/c1-4-13(2,3)17-11-6-5-9(12(15)16)7-10(14)8-11;1-4-5(2)3;1-2/h6-8,12H,4H2,1-3H3;4H,1-3H3;1H3. The predicted octanol–water partition coefficient (Wildman–Crippen LogP) is 6.85. The number of allylic oxidation sites excluding steroid dienone is 6. The molecule has 1 rings (SSSR count). The normalized spacial score (nSPS) is 13.2. The fraction of sp³-hybridized carbons (Fsp3) is 0.526. The lowest BCUT2D eigenvalue weighted by Crippen LogP contribution is -2.22. The molecular weight excluding hydrogens is 320 g/mol. The smallest absolute Gasteiger partial charge is 0.270 e. The monoisotopic (exact) mass is 348 g/mol. The van der Waals surface area contributed by atoms with Gasteiger partial charge in [0.25, 0.3) is 6.43 Å². The second-order valence-corrected chi connectivity index (χ2v) is 5.70. The molecule has 0 unspecified atom stereocenters. The van der Waals surface area contributed by atoms with E-state index >= 15 is 0 Å². The van der Waals surface area contributed by atoms with Gasteiger partial charge >= 0.3 is 0 Å². The molecule has 1 nitrogen and oxygen atoms in total. The van der Waals surface area contributed by atoms with Gasteiger partial charge in [0, 0.05) is 12.2 Å². The Morgan fingerprint density at radius 3 is 2.12 bits per heavy atom. The molecule has 0 amide bonds. The lowest BCUT2D eigenvalue weighted by atomic mass is 10.1. The minimum Gasteiger partial charge on any atom is -0.487 e. The first kappa shape index (κ1) is 24.5. The number of rotatable bonds is 4. The first-order valence-corrected chi connectivity index (χ1v) is 7.61. The Bertz CT molecular complexity index is 515. The Morgan fingerprint density at radius 1 is 1.25 bits per heavy atom. The third-order valence-electron chi connectivity index (χ3n) is 3.01. The van der Waals surface area contributed by atoms with Gasteiger partial charge in [-0.25, -0.2) is 13.2 Å². The van der Waals surface area contributed by atoms with Gasteiger partial charge in [-0.05, 0) is 47.1 Å². The zero-order valence-electron chi connectivity index (χ0n) is 15.5. The van der Waals surface area contributed by atoms with Crippen molar-refractivity contribution < 1.29 is 22.3 Å². The van der Waals surface area contributed by atoms with Crippen LogP contribution in [0.5, 0.6) is 0 Å². The van der Waals surface area contributed by atoms with Crippen molar-refractivity contribution >= 4 is 0 Å². The van der Waals surface area contributed by atoms with Crippen LogP contribution in [0.15, 0.2) is 52.8 Å². The summed E-state index contributed by atoms with van der Waals surface area (Å²) in [5.74, 6) is -0.565. The molecule has 0 atom stereocenters. The van der Waals surface area contributed by atoms with E-state index in [0.29, 0.717) is 7.18 Å². The van der Waals surface area contributed by atoms with Crippen LogP contribution in [0, 0.1) is 0 Å². The fourth-order valence-corrected chi connectivity index (χ4v) is 1.14. The summed E-state index contributed by atoms with van der Waals surface area (Å²) in [7, 11) is 0.500. The van der Waals surface area contributed by atoms with Crippen molar-refractivity contribution in [1.82, 2.24) is 0 Å². The molecule has 0 saturated heterocycles. The Balaban J connectivity index is 0. The number of alkyl halides is 3. The highest BCUT2D eigenvalue weighted by atomic mass is 19.3. The van der Waals surface area contributed by atoms with Crippen LogP contribution in [-0.2, 0) is 4.74 Å². The summed E-state index contributed by atoms with van der Waals surface area (Å²) in [4.78, 5) is 0. The van der Waals surface area contributed by atoms with E-state index in [9.17, 15) is 17.6 Å². The molecule has 0 N–H and O–H groups in total. The molecule has 0 aliphatic heterocycles. The summed E-state index contributed by atoms with van der Waals surface area (Å²) < 4.78 is 53.1. The minimum absolute atomic E-state index is 0.196. The van der Waals surface area contributed by atoms with Crippen LogP contribution < -0.4 is 0 Å². The predicted molar refractivity (Wildman–Crippen MR) is 92.5 cm³/mol. The lowest BCUT2D eigenvalue weighted by molar-refractivity contribution is 0.0386. The maximum atomic E-state index is 13.3. The topological polar surface area (TPSA) is 9.23 Å². The van der Waals surface area contributed by atoms with Gasteiger partial charge in [-0.15, -0.1) is 5.73 Å². The lowest BCUT2D eigenvalue weighted by Gasteiger charge is -2.25. The van der Waals surface area contributed by atoms with Crippen LogP contribution in [0.4, 0.5) is 17.6 Å². The summed E-state index contributed by atoms with van der Waals surface area (Å²) in [5.41, 5.74) is 2.77. The Kier molecular flexibility index (Phi) is 12.9. The fourth-order valence-electron chi connectivity index (χ4n) is 1.14. The second-order valence-electron chi connectivity index (χ2n) is 5.70. The molecule has 5 heteroatoms. The highest BCUT2D eigenvalue weighted by molar-refractivity contribution is 5.35. The van der Waals surface area contributed by atoms with E-state index in [1.54, 1.807) is 0 Å². The summed E-state index contributed by atoms with van der Waals surface area (Å²) in [6, 6.07) is 0. The van der Waals surface area contributed by atoms with Crippen LogP contribution in [0.3, 0.4) is 0 Å². The molecule has 0 saturated carbocycles. The number of hydrogen-bond acceptors (Lipinski definition) is 1. The number of hydrogen-bond donors (Lipinski definition) is 0. The van der Waals surface area contributed by atoms with E-state index < -0.39 is 23.4 Å². The molecule has 0 bridgehead atoms. The third kappa shape index (κ3) is 11.8. The Morgan fingerprint density at radius 2 is 1.75 bits per heavy atom. The molecule has 1 aliphatic rings. The van der Waals surface area contributed by atoms with Gasteiger partial charge in [-0.2, -0.15) is 0 Å². The van der Waals surface area contributed by atoms with E-state index in [2.05, 4.69) is 25.7 Å². The first-order chi connectivity index (χ1) is 11.1. The van der Waals surface area contributed by atoms with Crippen molar-refractivity contribution in [2.75, 3.05) is 7.18 Å². The second kappa shape index (κ2) is 12.7. The van der Waals surface area contributed by atoms with Crippen LogP contribution >= 0.6 is 0 Å². The summed E-state index contributed by atoms with van der Waals surface area (Å²) in [6.07, 6.45) is 3.14. The van der Waals surface area contributed by atoms with Crippen LogP contribution in [0.25, 0.3) is 0 Å². The van der Waals surface area contributed by atoms with E-state index in [1.807, 2.05) is 27.7 Å². The minimum atomic E-state index is -2.75. The van der Waals surface area contributed by atoms with Crippen molar-refractivity contribution in [3.63, 3.8) is 0 Å². The summed E-state index contributed by atoms with van der Waals surface area (Å²) >= 11 is 0. The molecule has 0 aromatic rings. The average Bonchev–Trinajstić information content (AvgIpc) is 2.70. The van der Waals surface area contributed by atoms with Crippen molar-refractivity contribution in [1.29, 1.82) is 0 Å². The molecule has 0 heterocycles. The molecular formula is C19H28F4O. The zero-order valence-corrected chi connectivity index (χ0v) is 15.5. The molecule has 0 spiro atoms. The quantitative estimate of drug-likeness (QED) is 0.307. The van der Waals surface area contributed by atoms with Crippen molar-refractivity contribution in [3.8, 4) is 0 Å². The molecule has 138 valence electrons.